The normalized spacial score (nSPS) is 10.6. The Bertz CT molecular complexity index is 707. The fourth-order valence-electron chi connectivity index (χ4n) is 1.33. The average molecular weight is 313 g/mol. The molecule has 1 aromatic heterocycles. The number of aryl methyl sites for hydroxylation is 1. The monoisotopic (exact) mass is 313 g/mol. The summed E-state index contributed by atoms with van der Waals surface area (Å²) in [6.07, 6.45) is 1.64. The first-order valence-electron chi connectivity index (χ1n) is 5.73. The molecule has 21 heavy (non-hydrogen) atoms. The van der Waals surface area contributed by atoms with Crippen LogP contribution in [0.3, 0.4) is 0 Å². The molecular weight excluding hydrogens is 298 g/mol. The number of aliphatic carboxylic acids is 1. The third-order valence-electron chi connectivity index (χ3n) is 2.25. The van der Waals surface area contributed by atoms with E-state index in [1.54, 1.807) is 12.3 Å². The molecule has 0 saturated heterocycles. The summed E-state index contributed by atoms with van der Waals surface area (Å²) in [5, 5.41) is 12.2. The minimum atomic E-state index is -4.08. The lowest BCUT2D eigenvalue weighted by Crippen LogP contribution is -2.08. The summed E-state index contributed by atoms with van der Waals surface area (Å²) < 4.78 is 30.8. The van der Waals surface area contributed by atoms with E-state index in [0.717, 1.165) is 5.69 Å². The molecule has 0 aliphatic rings. The van der Waals surface area contributed by atoms with Gasteiger partial charge in [-0.3, -0.25) is 14.0 Å². The number of carboxylic acids is 1. The van der Waals surface area contributed by atoms with E-state index in [1.165, 1.54) is 28.9 Å². The number of nitrogen functional groups attached to an aromatic ring is 1. The molecule has 0 aliphatic carbocycles. The fourth-order valence-corrected chi connectivity index (χ4v) is 1.81. The third kappa shape index (κ3) is 6.06. The van der Waals surface area contributed by atoms with Crippen LogP contribution in [0.1, 0.15) is 5.69 Å². The second kappa shape index (κ2) is 6.86. The van der Waals surface area contributed by atoms with Gasteiger partial charge < -0.3 is 10.8 Å². The van der Waals surface area contributed by atoms with Crippen molar-refractivity contribution in [1.82, 2.24) is 9.78 Å². The third-order valence-corrected chi connectivity index (χ3v) is 3.12. The number of rotatable bonds is 3. The first-order chi connectivity index (χ1) is 9.68. The van der Waals surface area contributed by atoms with Crippen LogP contribution in [0.5, 0.6) is 0 Å². The molecule has 0 amide bonds. The fraction of sp³-hybridized carbons (Fsp3) is 0.167. The van der Waals surface area contributed by atoms with E-state index in [4.69, 9.17) is 15.4 Å². The molecule has 114 valence electrons. The zero-order valence-electron chi connectivity index (χ0n) is 11.2. The number of carboxylic acid groups (broad SMARTS) is 1. The van der Waals surface area contributed by atoms with Gasteiger partial charge in [0, 0.05) is 11.9 Å². The number of nitrogens with zero attached hydrogens (tertiary/aromatic N) is 2. The molecule has 0 spiro atoms. The second-order valence-corrected chi connectivity index (χ2v) is 5.51. The van der Waals surface area contributed by atoms with E-state index in [9.17, 15) is 13.2 Å². The molecule has 2 rings (SSSR count). The van der Waals surface area contributed by atoms with Crippen LogP contribution in [0.25, 0.3) is 0 Å². The number of hydrogen-bond acceptors (Lipinski definition) is 5. The lowest BCUT2D eigenvalue weighted by atomic mass is 10.3. The lowest BCUT2D eigenvalue weighted by molar-refractivity contribution is -0.137. The molecule has 0 atom stereocenters. The molecule has 0 saturated carbocycles. The maximum atomic E-state index is 10.5. The van der Waals surface area contributed by atoms with E-state index in [1.807, 2.05) is 6.92 Å². The van der Waals surface area contributed by atoms with Gasteiger partial charge in [-0.25, -0.2) is 0 Å². The van der Waals surface area contributed by atoms with Gasteiger partial charge in [0.1, 0.15) is 6.54 Å². The van der Waals surface area contributed by atoms with Gasteiger partial charge in [-0.1, -0.05) is 0 Å². The zero-order chi connectivity index (χ0) is 16.0. The maximum Gasteiger partial charge on any atom is 0.325 e. The molecule has 4 N–H and O–H groups in total. The van der Waals surface area contributed by atoms with Crippen molar-refractivity contribution >= 4 is 21.8 Å². The number of anilines is 1. The molecule has 1 aromatic carbocycles. The first-order valence-corrected chi connectivity index (χ1v) is 7.17. The molecule has 0 radical (unpaired) electrons. The van der Waals surface area contributed by atoms with Crippen molar-refractivity contribution in [3.05, 3.63) is 42.2 Å². The largest absolute Gasteiger partial charge is 0.480 e. The van der Waals surface area contributed by atoms with Crippen molar-refractivity contribution in [2.45, 2.75) is 18.4 Å². The molecule has 0 unspecified atom stereocenters. The Hall–Kier alpha value is -2.39. The summed E-state index contributed by atoms with van der Waals surface area (Å²) in [6, 6.07) is 7.06. The van der Waals surface area contributed by atoms with Gasteiger partial charge in [0.05, 0.1) is 10.6 Å². The van der Waals surface area contributed by atoms with Gasteiger partial charge >= 0.3 is 5.97 Å². The Morgan fingerprint density at radius 2 is 1.86 bits per heavy atom. The molecule has 0 fully saturated rings. The molecule has 8 nitrogen and oxygen atoms in total. The van der Waals surface area contributed by atoms with Crippen LogP contribution in [0.15, 0.2) is 41.4 Å². The predicted molar refractivity (Wildman–Crippen MR) is 75.3 cm³/mol. The van der Waals surface area contributed by atoms with Gasteiger partial charge in [-0.2, -0.15) is 13.5 Å². The molecule has 0 bridgehead atoms. The summed E-state index contributed by atoms with van der Waals surface area (Å²) in [5.74, 6) is -0.872. The standard InChI is InChI=1S/C6H8N2O2.C6H7NO3S/c1-5-2-3-8(7-5)4-6(9)10;7-5-1-3-6(4-2-5)11(8,9)10/h2-3H,4H2,1H3,(H,9,10);1-4H,7H2,(H,8,9,10). The summed E-state index contributed by atoms with van der Waals surface area (Å²) in [7, 11) is -4.08. The van der Waals surface area contributed by atoms with Crippen molar-refractivity contribution in [3.63, 3.8) is 0 Å². The van der Waals surface area contributed by atoms with Gasteiger partial charge in [-0.05, 0) is 37.3 Å². The highest BCUT2D eigenvalue weighted by Gasteiger charge is 2.06. The number of nitrogens with two attached hydrogens (primary N) is 1. The smallest absolute Gasteiger partial charge is 0.325 e. The van der Waals surface area contributed by atoms with Gasteiger partial charge in [0.2, 0.25) is 0 Å². The van der Waals surface area contributed by atoms with Crippen molar-refractivity contribution in [2.75, 3.05) is 5.73 Å². The minimum absolute atomic E-state index is 0.0617. The average Bonchev–Trinajstić information content (AvgIpc) is 2.74. The van der Waals surface area contributed by atoms with Crippen molar-refractivity contribution in [3.8, 4) is 0 Å². The lowest BCUT2D eigenvalue weighted by Gasteiger charge is -1.95. The van der Waals surface area contributed by atoms with Crippen LogP contribution in [0.4, 0.5) is 5.69 Å². The predicted octanol–water partition coefficient (Wildman–Crippen LogP) is 0.792. The van der Waals surface area contributed by atoms with E-state index in [-0.39, 0.29) is 11.4 Å². The van der Waals surface area contributed by atoms with E-state index in [0.29, 0.717) is 5.69 Å². The Kier molecular flexibility index (Phi) is 5.44. The minimum Gasteiger partial charge on any atom is -0.480 e. The second-order valence-electron chi connectivity index (χ2n) is 4.09. The topological polar surface area (TPSA) is 136 Å². The number of hydrogen-bond donors (Lipinski definition) is 3. The zero-order valence-corrected chi connectivity index (χ0v) is 12.0. The number of carbonyl (C=O) groups is 1. The van der Waals surface area contributed by atoms with Crippen LogP contribution in [0.2, 0.25) is 0 Å². The summed E-state index contributed by atoms with van der Waals surface area (Å²) >= 11 is 0. The molecule has 1 heterocycles. The highest BCUT2D eigenvalue weighted by Crippen LogP contribution is 2.10. The van der Waals surface area contributed by atoms with Gasteiger partial charge in [0.15, 0.2) is 0 Å². The summed E-state index contributed by atoms with van der Waals surface area (Å²) in [6.45, 7) is 1.76. The van der Waals surface area contributed by atoms with Crippen LogP contribution in [0, 0.1) is 6.92 Å². The molecule has 9 heteroatoms. The van der Waals surface area contributed by atoms with E-state index >= 15 is 0 Å². The quantitative estimate of drug-likeness (QED) is 0.563. The van der Waals surface area contributed by atoms with E-state index in [2.05, 4.69) is 5.10 Å². The van der Waals surface area contributed by atoms with Crippen LogP contribution >= 0.6 is 0 Å². The van der Waals surface area contributed by atoms with Crippen LogP contribution in [-0.2, 0) is 21.5 Å². The SMILES string of the molecule is Cc1ccn(CC(=O)O)n1.Nc1ccc(S(=O)(=O)O)cc1. The van der Waals surface area contributed by atoms with Crippen LogP contribution < -0.4 is 5.73 Å². The van der Waals surface area contributed by atoms with Crippen molar-refractivity contribution in [2.24, 2.45) is 0 Å². The van der Waals surface area contributed by atoms with Crippen molar-refractivity contribution in [1.29, 1.82) is 0 Å². The molecular formula is C12H15N3O5S. The number of benzene rings is 1. The Morgan fingerprint density at radius 1 is 1.29 bits per heavy atom. The Morgan fingerprint density at radius 3 is 2.24 bits per heavy atom. The highest BCUT2D eigenvalue weighted by molar-refractivity contribution is 7.85. The van der Waals surface area contributed by atoms with Gasteiger partial charge in [0.25, 0.3) is 10.1 Å². The summed E-state index contributed by atoms with van der Waals surface area (Å²) in [5.41, 5.74) is 6.58. The Labute approximate surface area is 121 Å². The molecule has 0 aliphatic heterocycles. The summed E-state index contributed by atoms with van der Waals surface area (Å²) in [4.78, 5) is 9.97. The van der Waals surface area contributed by atoms with Crippen molar-refractivity contribution < 1.29 is 22.9 Å². The number of aromatic nitrogens is 2. The van der Waals surface area contributed by atoms with Gasteiger partial charge in [-0.15, -0.1) is 0 Å². The first kappa shape index (κ1) is 16.7. The Balaban J connectivity index is 0.000000211. The molecule has 2 aromatic rings. The van der Waals surface area contributed by atoms with Crippen LogP contribution in [-0.4, -0.2) is 33.8 Å². The van der Waals surface area contributed by atoms with E-state index < -0.39 is 16.1 Å². The maximum absolute atomic E-state index is 10.5. The highest BCUT2D eigenvalue weighted by atomic mass is 32.2.